The molecule has 104 valence electrons. The molecule has 1 aromatic carbocycles. The zero-order valence-corrected chi connectivity index (χ0v) is 13.0. The van der Waals surface area contributed by atoms with Crippen molar-refractivity contribution < 1.29 is 0 Å². The van der Waals surface area contributed by atoms with Gasteiger partial charge in [0.05, 0.1) is 5.02 Å². The van der Waals surface area contributed by atoms with Crippen LogP contribution in [0.25, 0.3) is 15.5 Å². The number of halogens is 1. The summed E-state index contributed by atoms with van der Waals surface area (Å²) >= 11 is 7.67. The van der Waals surface area contributed by atoms with Crippen molar-refractivity contribution in [3.63, 3.8) is 0 Å². The number of nitrogens with two attached hydrogens (primary N) is 1. The lowest BCUT2D eigenvalue weighted by Gasteiger charge is -2.13. The maximum atomic E-state index is 6.22. The Labute approximate surface area is 125 Å². The molecule has 0 unspecified atom stereocenters. The van der Waals surface area contributed by atoms with E-state index in [1.54, 1.807) is 16.6 Å². The average molecular weight is 308 g/mol. The Balaban J connectivity index is 2.19. The molecule has 20 heavy (non-hydrogen) atoms. The monoisotopic (exact) mass is 307 g/mol. The lowest BCUT2D eigenvalue weighted by Crippen LogP contribution is -2.16. The van der Waals surface area contributed by atoms with Crippen molar-refractivity contribution in [1.29, 1.82) is 0 Å². The quantitative estimate of drug-likeness (QED) is 0.700. The minimum absolute atomic E-state index is 0.121. The molecule has 0 aliphatic rings. The van der Waals surface area contributed by atoms with Gasteiger partial charge < -0.3 is 5.73 Å². The Bertz CT molecular complexity index is 784. The van der Waals surface area contributed by atoms with Crippen LogP contribution in [0.5, 0.6) is 0 Å². The van der Waals surface area contributed by atoms with Crippen LogP contribution in [0.4, 0.5) is 5.69 Å². The molecule has 0 bridgehead atoms. The summed E-state index contributed by atoms with van der Waals surface area (Å²) in [6, 6.07) is 5.37. The molecule has 5 nitrogen and oxygen atoms in total. The third kappa shape index (κ3) is 2.14. The molecule has 2 aromatic heterocycles. The number of hydrogen-bond acceptors (Lipinski definition) is 5. The maximum absolute atomic E-state index is 6.22. The number of fused-ring (bicyclic) bond motifs is 1. The third-order valence-electron chi connectivity index (χ3n) is 2.88. The first-order valence-corrected chi connectivity index (χ1v) is 7.34. The largest absolute Gasteiger partial charge is 0.399 e. The average Bonchev–Trinajstić information content (AvgIpc) is 2.89. The molecule has 3 rings (SSSR count). The zero-order chi connectivity index (χ0) is 14.5. The first-order chi connectivity index (χ1) is 9.36. The summed E-state index contributed by atoms with van der Waals surface area (Å²) in [6.45, 7) is 6.24. The fourth-order valence-corrected chi connectivity index (χ4v) is 3.03. The van der Waals surface area contributed by atoms with Gasteiger partial charge in [-0.25, -0.2) is 0 Å². The molecule has 7 heteroatoms. The molecule has 0 atom stereocenters. The van der Waals surface area contributed by atoms with Crippen molar-refractivity contribution >= 4 is 33.6 Å². The molecule has 0 saturated carbocycles. The fraction of sp³-hybridized carbons (Fsp3) is 0.308. The van der Waals surface area contributed by atoms with Crippen LogP contribution >= 0.6 is 22.9 Å². The zero-order valence-electron chi connectivity index (χ0n) is 11.4. The van der Waals surface area contributed by atoms with E-state index in [0.29, 0.717) is 10.7 Å². The highest BCUT2D eigenvalue weighted by Gasteiger charge is 2.24. The van der Waals surface area contributed by atoms with Gasteiger partial charge in [-0.1, -0.05) is 43.7 Å². The second-order valence-electron chi connectivity index (χ2n) is 5.61. The van der Waals surface area contributed by atoms with E-state index in [1.807, 2.05) is 6.07 Å². The molecular formula is C13H14ClN5S. The summed E-state index contributed by atoms with van der Waals surface area (Å²) in [5, 5.41) is 14.4. The van der Waals surface area contributed by atoms with Gasteiger partial charge in [0.15, 0.2) is 5.82 Å². The van der Waals surface area contributed by atoms with Crippen LogP contribution in [-0.2, 0) is 5.41 Å². The van der Waals surface area contributed by atoms with Crippen molar-refractivity contribution in [3.8, 4) is 10.6 Å². The van der Waals surface area contributed by atoms with Crippen LogP contribution in [0, 0.1) is 0 Å². The molecule has 2 heterocycles. The summed E-state index contributed by atoms with van der Waals surface area (Å²) < 4.78 is 1.78. The highest BCUT2D eigenvalue weighted by Crippen LogP contribution is 2.33. The van der Waals surface area contributed by atoms with Crippen molar-refractivity contribution in [2.45, 2.75) is 26.2 Å². The summed E-state index contributed by atoms with van der Waals surface area (Å²) in [4.78, 5) is 0.753. The smallest absolute Gasteiger partial charge is 0.235 e. The first kappa shape index (κ1) is 13.3. The van der Waals surface area contributed by atoms with E-state index in [4.69, 9.17) is 17.3 Å². The molecule has 2 N–H and O–H groups in total. The highest BCUT2D eigenvalue weighted by molar-refractivity contribution is 7.19. The number of hydrogen-bond donors (Lipinski definition) is 1. The van der Waals surface area contributed by atoms with Gasteiger partial charge in [-0.3, -0.25) is 0 Å². The Hall–Kier alpha value is -1.66. The highest BCUT2D eigenvalue weighted by atomic mass is 35.5. The van der Waals surface area contributed by atoms with E-state index in [0.717, 1.165) is 21.4 Å². The number of nitrogen functional groups attached to an aromatic ring is 1. The minimum atomic E-state index is -0.121. The standard InChI is InChI=1S/C13H14ClN5S/c1-13(2,3)11-16-17-12-19(11)18-10(20-12)8-6-7(15)4-5-9(8)14/h4-6H,15H2,1-3H3. The number of rotatable bonds is 1. The van der Waals surface area contributed by atoms with Crippen molar-refractivity contribution in [2.24, 2.45) is 0 Å². The van der Waals surface area contributed by atoms with Crippen LogP contribution in [0.3, 0.4) is 0 Å². The number of nitrogens with zero attached hydrogens (tertiary/aromatic N) is 4. The number of anilines is 1. The van der Waals surface area contributed by atoms with Crippen LogP contribution in [0.2, 0.25) is 5.02 Å². The topological polar surface area (TPSA) is 69.1 Å². The number of benzene rings is 1. The van der Waals surface area contributed by atoms with E-state index in [1.165, 1.54) is 11.3 Å². The molecule has 0 fully saturated rings. The molecular weight excluding hydrogens is 294 g/mol. The molecule has 0 radical (unpaired) electrons. The van der Waals surface area contributed by atoms with E-state index >= 15 is 0 Å². The second kappa shape index (κ2) is 4.43. The molecule has 0 saturated heterocycles. The van der Waals surface area contributed by atoms with Gasteiger partial charge in [0.1, 0.15) is 5.01 Å². The summed E-state index contributed by atoms with van der Waals surface area (Å²) in [6.07, 6.45) is 0. The normalized spacial score (nSPS) is 12.2. The van der Waals surface area contributed by atoms with Crippen molar-refractivity contribution in [2.75, 3.05) is 5.73 Å². The lowest BCUT2D eigenvalue weighted by atomic mass is 9.96. The minimum Gasteiger partial charge on any atom is -0.399 e. The van der Waals surface area contributed by atoms with Gasteiger partial charge in [0.25, 0.3) is 0 Å². The Kier molecular flexibility index (Phi) is 2.95. The van der Waals surface area contributed by atoms with Gasteiger partial charge in [0.2, 0.25) is 4.96 Å². The maximum Gasteiger partial charge on any atom is 0.235 e. The van der Waals surface area contributed by atoms with Crippen LogP contribution in [0.1, 0.15) is 26.6 Å². The van der Waals surface area contributed by atoms with Gasteiger partial charge in [-0.05, 0) is 18.2 Å². The summed E-state index contributed by atoms with van der Waals surface area (Å²) in [5.74, 6) is 0.829. The Morgan fingerprint density at radius 3 is 2.70 bits per heavy atom. The van der Waals surface area contributed by atoms with Crippen LogP contribution < -0.4 is 5.73 Å². The van der Waals surface area contributed by atoms with Gasteiger partial charge >= 0.3 is 0 Å². The molecule has 0 aliphatic carbocycles. The van der Waals surface area contributed by atoms with Gasteiger partial charge in [0, 0.05) is 16.7 Å². The predicted molar refractivity (Wildman–Crippen MR) is 82.2 cm³/mol. The lowest BCUT2D eigenvalue weighted by molar-refractivity contribution is 0.528. The molecule has 0 aliphatic heterocycles. The Morgan fingerprint density at radius 2 is 2.00 bits per heavy atom. The second-order valence-corrected chi connectivity index (χ2v) is 6.98. The Morgan fingerprint density at radius 1 is 1.25 bits per heavy atom. The SMILES string of the molecule is CC(C)(C)c1nnc2sc(-c3cc(N)ccc3Cl)nn12. The summed E-state index contributed by atoms with van der Waals surface area (Å²) in [5.41, 5.74) is 7.18. The van der Waals surface area contributed by atoms with Gasteiger partial charge in [-0.2, -0.15) is 9.61 Å². The van der Waals surface area contributed by atoms with Gasteiger partial charge in [-0.15, -0.1) is 10.2 Å². The third-order valence-corrected chi connectivity index (χ3v) is 4.14. The van der Waals surface area contributed by atoms with E-state index in [9.17, 15) is 0 Å². The summed E-state index contributed by atoms with van der Waals surface area (Å²) in [7, 11) is 0. The molecule has 0 amide bonds. The van der Waals surface area contributed by atoms with E-state index in [-0.39, 0.29) is 5.41 Å². The van der Waals surface area contributed by atoms with Crippen LogP contribution in [-0.4, -0.2) is 19.8 Å². The van der Waals surface area contributed by atoms with E-state index in [2.05, 4.69) is 36.1 Å². The predicted octanol–water partition coefficient (Wildman–Crippen LogP) is 3.39. The van der Waals surface area contributed by atoms with Crippen LogP contribution in [0.15, 0.2) is 18.2 Å². The fourth-order valence-electron chi connectivity index (χ4n) is 1.90. The van der Waals surface area contributed by atoms with Crippen molar-refractivity contribution in [1.82, 2.24) is 19.8 Å². The number of aromatic nitrogens is 4. The first-order valence-electron chi connectivity index (χ1n) is 6.14. The van der Waals surface area contributed by atoms with Crippen molar-refractivity contribution in [3.05, 3.63) is 29.0 Å². The van der Waals surface area contributed by atoms with E-state index < -0.39 is 0 Å². The molecule has 0 spiro atoms. The molecule has 3 aromatic rings.